The Morgan fingerprint density at radius 2 is 1.79 bits per heavy atom. The van der Waals surface area contributed by atoms with Gasteiger partial charge in [0.2, 0.25) is 0 Å². The highest BCUT2D eigenvalue weighted by Crippen LogP contribution is 2.12. The van der Waals surface area contributed by atoms with E-state index in [-0.39, 0.29) is 5.75 Å². The fourth-order valence-electron chi connectivity index (χ4n) is 0.676. The minimum absolute atomic E-state index is 0.0297. The van der Waals surface area contributed by atoms with E-state index in [2.05, 4.69) is 7.81 Å². The summed E-state index contributed by atoms with van der Waals surface area (Å²) >= 11 is -3.17. The van der Waals surface area contributed by atoms with E-state index in [0.717, 1.165) is 0 Å². The van der Waals surface area contributed by atoms with Crippen molar-refractivity contribution in [2.75, 3.05) is 0 Å². The van der Waals surface area contributed by atoms with Gasteiger partial charge < -0.3 is 8.74 Å². The van der Waals surface area contributed by atoms with Gasteiger partial charge in [0.25, 0.3) is 0 Å². The minimum atomic E-state index is -4.55. The van der Waals surface area contributed by atoms with Gasteiger partial charge in [-0.05, 0) is 12.1 Å². The van der Waals surface area contributed by atoms with Crippen LogP contribution in [0.3, 0.4) is 0 Å². The summed E-state index contributed by atoms with van der Waals surface area (Å²) in [4.78, 5) is 0. The maximum atomic E-state index is 10.8. The Kier molecular flexibility index (Phi) is 3.58. The van der Waals surface area contributed by atoms with Crippen molar-refractivity contribution in [3.05, 3.63) is 30.3 Å². The fraction of sp³-hybridized carbons (Fsp3) is 0. The second kappa shape index (κ2) is 4.51. The predicted molar refractivity (Wildman–Crippen MR) is 46.0 cm³/mol. The molecular weight excluding hydrogens is 232 g/mol. The van der Waals surface area contributed by atoms with E-state index in [1.807, 2.05) is 0 Å². The van der Waals surface area contributed by atoms with E-state index in [1.165, 1.54) is 24.3 Å². The maximum absolute atomic E-state index is 10.8. The molecule has 0 spiro atoms. The van der Waals surface area contributed by atoms with Crippen molar-refractivity contribution in [2.24, 2.45) is 0 Å². The third kappa shape index (κ3) is 3.83. The van der Waals surface area contributed by atoms with Crippen LogP contribution in [0, 0.1) is 0 Å². The number of hydrogen-bond donors (Lipinski definition) is 0. The Morgan fingerprint density at radius 1 is 1.21 bits per heavy atom. The second-order valence-corrected chi connectivity index (χ2v) is 4.01. The van der Waals surface area contributed by atoms with E-state index >= 15 is 0 Å². The van der Waals surface area contributed by atoms with Crippen LogP contribution in [0.1, 0.15) is 0 Å². The molecule has 8 heteroatoms. The minimum Gasteiger partial charge on any atom is -0.749 e. The number of rotatable bonds is 4. The monoisotopic (exact) mass is 237 g/mol. The van der Waals surface area contributed by atoms with Gasteiger partial charge in [-0.2, -0.15) is 8.42 Å². The Labute approximate surface area is 83.3 Å². The lowest BCUT2D eigenvalue weighted by Crippen LogP contribution is -2.14. The van der Waals surface area contributed by atoms with Crippen LogP contribution in [0.5, 0.6) is 5.75 Å². The molecule has 1 atom stereocenters. The van der Waals surface area contributed by atoms with Gasteiger partial charge in [0.1, 0.15) is 17.1 Å². The Morgan fingerprint density at radius 3 is 2.29 bits per heavy atom. The summed E-state index contributed by atoms with van der Waals surface area (Å²) in [6.07, 6.45) is 0. The molecule has 0 aliphatic heterocycles. The number of hydrogen-bond acceptors (Lipinski definition) is 6. The molecule has 14 heavy (non-hydrogen) atoms. The molecule has 0 fully saturated rings. The molecule has 0 saturated heterocycles. The second-order valence-electron chi connectivity index (χ2n) is 2.08. The molecule has 0 heterocycles. The van der Waals surface area contributed by atoms with Gasteiger partial charge in [-0.25, -0.2) is 4.21 Å². The normalized spacial score (nSPS) is 13.5. The first-order valence-electron chi connectivity index (χ1n) is 3.28. The van der Waals surface area contributed by atoms with Crippen LogP contribution < -0.4 is 4.18 Å². The highest BCUT2D eigenvalue weighted by Gasteiger charge is 2.13. The summed E-state index contributed by atoms with van der Waals surface area (Å²) < 4.78 is 49.2. The molecular formula is C6H5O6S2-. The van der Waals surface area contributed by atoms with E-state index < -0.39 is 21.8 Å². The van der Waals surface area contributed by atoms with Gasteiger partial charge in [0.15, 0.2) is 0 Å². The lowest BCUT2D eigenvalue weighted by Gasteiger charge is -2.06. The van der Waals surface area contributed by atoms with Crippen LogP contribution in [-0.4, -0.2) is 17.2 Å². The van der Waals surface area contributed by atoms with Crippen molar-refractivity contribution in [2.45, 2.75) is 0 Å². The van der Waals surface area contributed by atoms with Crippen molar-refractivity contribution in [1.29, 1.82) is 0 Å². The molecule has 0 amide bonds. The van der Waals surface area contributed by atoms with E-state index in [1.54, 1.807) is 6.07 Å². The van der Waals surface area contributed by atoms with Crippen molar-refractivity contribution in [3.8, 4) is 5.75 Å². The SMILES string of the molecule is O=S([O-])OS(=O)(=O)Oc1ccccc1. The smallest absolute Gasteiger partial charge is 0.461 e. The molecule has 78 valence electrons. The van der Waals surface area contributed by atoms with Gasteiger partial charge in [0.05, 0.1) is 0 Å². The van der Waals surface area contributed by atoms with Gasteiger partial charge >= 0.3 is 10.4 Å². The maximum Gasteiger partial charge on any atom is 0.461 e. The average Bonchev–Trinajstić information content (AvgIpc) is 2.02. The average molecular weight is 237 g/mol. The Hall–Kier alpha value is -0.960. The van der Waals surface area contributed by atoms with Crippen molar-refractivity contribution in [3.63, 3.8) is 0 Å². The van der Waals surface area contributed by atoms with E-state index in [9.17, 15) is 17.2 Å². The molecule has 0 aromatic heterocycles. The van der Waals surface area contributed by atoms with Crippen LogP contribution in [0.2, 0.25) is 0 Å². The zero-order chi connectivity index (χ0) is 10.6. The largest absolute Gasteiger partial charge is 0.749 e. The van der Waals surface area contributed by atoms with E-state index in [4.69, 9.17) is 0 Å². The number of para-hydroxylation sites is 1. The summed E-state index contributed by atoms with van der Waals surface area (Å²) in [5, 5.41) is 0. The standard InChI is InChI=1S/C6H6O6S2/c7-13(8)12-14(9,10)11-6-4-2-1-3-5-6/h1-5H,(H,7,8)/p-1. The number of benzene rings is 1. The van der Waals surface area contributed by atoms with Crippen LogP contribution >= 0.6 is 0 Å². The predicted octanol–water partition coefficient (Wildman–Crippen LogP) is 0.121. The summed E-state index contributed by atoms with van der Waals surface area (Å²) in [6.45, 7) is 0. The molecule has 1 rings (SSSR count). The lowest BCUT2D eigenvalue weighted by molar-refractivity contribution is 0.375. The first-order chi connectivity index (χ1) is 6.49. The molecule has 0 N–H and O–H groups in total. The quantitative estimate of drug-likeness (QED) is 0.690. The summed E-state index contributed by atoms with van der Waals surface area (Å²) in [5.41, 5.74) is 0. The zero-order valence-corrected chi connectivity index (χ0v) is 8.29. The van der Waals surface area contributed by atoms with Gasteiger partial charge in [-0.3, -0.25) is 0 Å². The molecule has 6 nitrogen and oxygen atoms in total. The van der Waals surface area contributed by atoms with Crippen molar-refractivity contribution >= 4 is 21.8 Å². The third-order valence-electron chi connectivity index (χ3n) is 1.08. The molecule has 0 saturated carbocycles. The first kappa shape index (κ1) is 11.1. The Bertz CT molecular complexity index is 411. The third-order valence-corrected chi connectivity index (χ3v) is 2.59. The van der Waals surface area contributed by atoms with Gasteiger partial charge in [-0.15, -0.1) is 3.63 Å². The summed E-state index contributed by atoms with van der Waals surface area (Å²) in [7, 11) is -4.55. The zero-order valence-electron chi connectivity index (χ0n) is 6.65. The van der Waals surface area contributed by atoms with Crippen LogP contribution in [-0.2, 0) is 25.4 Å². The summed E-state index contributed by atoms with van der Waals surface area (Å²) in [6, 6.07) is 7.38. The molecule has 0 aliphatic rings. The molecule has 1 unspecified atom stereocenters. The van der Waals surface area contributed by atoms with Gasteiger partial charge in [0, 0.05) is 0 Å². The molecule has 0 aliphatic carbocycles. The van der Waals surface area contributed by atoms with Crippen molar-refractivity contribution < 1.29 is 25.0 Å². The fourth-order valence-corrected chi connectivity index (χ4v) is 1.68. The highest BCUT2D eigenvalue weighted by molar-refractivity contribution is 7.92. The summed E-state index contributed by atoms with van der Waals surface area (Å²) in [5.74, 6) is -0.0297. The highest BCUT2D eigenvalue weighted by atomic mass is 32.3. The molecule has 1 aromatic carbocycles. The molecule has 1 aromatic rings. The lowest BCUT2D eigenvalue weighted by atomic mass is 10.3. The van der Waals surface area contributed by atoms with E-state index in [0.29, 0.717) is 0 Å². The van der Waals surface area contributed by atoms with Crippen LogP contribution in [0.25, 0.3) is 0 Å². The first-order valence-corrected chi connectivity index (χ1v) is 5.61. The molecule has 0 bridgehead atoms. The van der Waals surface area contributed by atoms with Crippen molar-refractivity contribution in [1.82, 2.24) is 0 Å². The molecule has 0 radical (unpaired) electrons. The van der Waals surface area contributed by atoms with Crippen LogP contribution in [0.15, 0.2) is 30.3 Å². The topological polar surface area (TPSA) is 92.7 Å². The Balaban J connectivity index is 2.74. The van der Waals surface area contributed by atoms with Crippen LogP contribution in [0.4, 0.5) is 0 Å². The van der Waals surface area contributed by atoms with Gasteiger partial charge in [-0.1, -0.05) is 18.2 Å².